The van der Waals surface area contributed by atoms with E-state index in [2.05, 4.69) is 11.8 Å². The highest BCUT2D eigenvalue weighted by Crippen LogP contribution is 2.14. The lowest BCUT2D eigenvalue weighted by molar-refractivity contribution is 0.169. The second kappa shape index (κ2) is 6.39. The fourth-order valence-electron chi connectivity index (χ4n) is 2.11. The molecule has 0 aromatic rings. The van der Waals surface area contributed by atoms with Gasteiger partial charge in [0, 0.05) is 13.2 Å². The van der Waals surface area contributed by atoms with Crippen LogP contribution in [0.15, 0.2) is 0 Å². The number of piperidine rings is 1. The monoisotopic (exact) mass is 185 g/mol. The van der Waals surface area contributed by atoms with Crippen LogP contribution in [0.4, 0.5) is 0 Å². The predicted octanol–water partition coefficient (Wildman–Crippen LogP) is 1.88. The number of nitrogens with zero attached hydrogens (tertiary/aromatic N) is 1. The normalized spacial score (nSPS) is 21.7. The van der Waals surface area contributed by atoms with Gasteiger partial charge in [-0.1, -0.05) is 19.8 Å². The summed E-state index contributed by atoms with van der Waals surface area (Å²) in [6, 6.07) is 0. The third-order valence-corrected chi connectivity index (χ3v) is 3.08. The predicted molar refractivity (Wildman–Crippen MR) is 55.8 cm³/mol. The van der Waals surface area contributed by atoms with E-state index in [0.717, 1.165) is 6.42 Å². The van der Waals surface area contributed by atoms with Crippen molar-refractivity contribution in [2.45, 2.75) is 39.0 Å². The second-order valence-corrected chi connectivity index (χ2v) is 4.15. The van der Waals surface area contributed by atoms with E-state index in [1.807, 2.05) is 0 Å². The minimum Gasteiger partial charge on any atom is -0.396 e. The molecule has 1 atom stereocenters. The standard InChI is InChI=1S/C11H23NO/c1-2-11(6-9-13)10-12-7-4-3-5-8-12/h11,13H,2-10H2,1H3. The molecule has 1 aliphatic heterocycles. The molecular formula is C11H23NO. The van der Waals surface area contributed by atoms with Gasteiger partial charge >= 0.3 is 0 Å². The zero-order chi connectivity index (χ0) is 9.52. The van der Waals surface area contributed by atoms with Crippen LogP contribution in [0.3, 0.4) is 0 Å². The van der Waals surface area contributed by atoms with Gasteiger partial charge in [0.15, 0.2) is 0 Å². The summed E-state index contributed by atoms with van der Waals surface area (Å²) in [4.78, 5) is 2.56. The molecule has 13 heavy (non-hydrogen) atoms. The number of hydrogen-bond acceptors (Lipinski definition) is 2. The average Bonchev–Trinajstić information content (AvgIpc) is 2.19. The lowest BCUT2D eigenvalue weighted by atomic mass is 10.0. The summed E-state index contributed by atoms with van der Waals surface area (Å²) in [6.07, 6.45) is 6.34. The number of hydrogen-bond donors (Lipinski definition) is 1. The molecule has 1 N–H and O–H groups in total. The summed E-state index contributed by atoms with van der Waals surface area (Å²) in [7, 11) is 0. The third-order valence-electron chi connectivity index (χ3n) is 3.08. The summed E-state index contributed by atoms with van der Waals surface area (Å²) in [5, 5.41) is 8.88. The van der Waals surface area contributed by atoms with Gasteiger partial charge in [0.1, 0.15) is 0 Å². The van der Waals surface area contributed by atoms with Crippen LogP contribution in [-0.4, -0.2) is 36.2 Å². The third kappa shape index (κ3) is 4.10. The van der Waals surface area contributed by atoms with Gasteiger partial charge in [-0.25, -0.2) is 0 Å². The zero-order valence-electron chi connectivity index (χ0n) is 8.84. The highest BCUT2D eigenvalue weighted by Gasteiger charge is 2.14. The van der Waals surface area contributed by atoms with E-state index in [1.165, 1.54) is 45.3 Å². The second-order valence-electron chi connectivity index (χ2n) is 4.15. The molecule has 0 spiro atoms. The van der Waals surface area contributed by atoms with Crippen LogP contribution in [0, 0.1) is 5.92 Å². The first-order valence-electron chi connectivity index (χ1n) is 5.70. The molecule has 0 radical (unpaired) electrons. The number of likely N-dealkylation sites (tertiary alicyclic amines) is 1. The summed E-state index contributed by atoms with van der Waals surface area (Å²) in [5.41, 5.74) is 0. The van der Waals surface area contributed by atoms with Gasteiger partial charge in [-0.15, -0.1) is 0 Å². The van der Waals surface area contributed by atoms with Gasteiger partial charge in [-0.2, -0.15) is 0 Å². The highest BCUT2D eigenvalue weighted by molar-refractivity contribution is 4.68. The van der Waals surface area contributed by atoms with E-state index in [-0.39, 0.29) is 0 Å². The van der Waals surface area contributed by atoms with Crippen LogP contribution < -0.4 is 0 Å². The molecule has 2 heteroatoms. The van der Waals surface area contributed by atoms with Crippen molar-refractivity contribution in [3.05, 3.63) is 0 Å². The summed E-state index contributed by atoms with van der Waals surface area (Å²) < 4.78 is 0. The quantitative estimate of drug-likeness (QED) is 0.707. The summed E-state index contributed by atoms with van der Waals surface area (Å²) >= 11 is 0. The Kier molecular flexibility index (Phi) is 5.40. The van der Waals surface area contributed by atoms with Gasteiger partial charge in [0.25, 0.3) is 0 Å². The minimum absolute atomic E-state index is 0.354. The van der Waals surface area contributed by atoms with Gasteiger partial charge in [-0.05, 0) is 38.3 Å². The fourth-order valence-corrected chi connectivity index (χ4v) is 2.11. The van der Waals surface area contributed by atoms with Crippen molar-refractivity contribution in [2.24, 2.45) is 5.92 Å². The van der Waals surface area contributed by atoms with Crippen molar-refractivity contribution in [2.75, 3.05) is 26.2 Å². The molecule has 1 heterocycles. The van der Waals surface area contributed by atoms with Crippen molar-refractivity contribution in [1.29, 1.82) is 0 Å². The molecule has 1 aliphatic rings. The molecule has 1 fully saturated rings. The number of rotatable bonds is 5. The Morgan fingerprint density at radius 2 is 1.92 bits per heavy atom. The van der Waals surface area contributed by atoms with E-state index in [0.29, 0.717) is 12.5 Å². The van der Waals surface area contributed by atoms with E-state index in [9.17, 15) is 0 Å². The van der Waals surface area contributed by atoms with Crippen LogP contribution in [-0.2, 0) is 0 Å². The average molecular weight is 185 g/mol. The lowest BCUT2D eigenvalue weighted by Crippen LogP contribution is -2.34. The SMILES string of the molecule is CCC(CCO)CN1CCCCC1. The molecule has 0 bridgehead atoms. The van der Waals surface area contributed by atoms with Crippen molar-refractivity contribution < 1.29 is 5.11 Å². The van der Waals surface area contributed by atoms with E-state index in [4.69, 9.17) is 5.11 Å². The van der Waals surface area contributed by atoms with Crippen molar-refractivity contribution in [1.82, 2.24) is 4.90 Å². The van der Waals surface area contributed by atoms with Crippen LogP contribution >= 0.6 is 0 Å². The smallest absolute Gasteiger partial charge is 0.0434 e. The van der Waals surface area contributed by atoms with Gasteiger partial charge in [0.05, 0.1) is 0 Å². The Bertz CT molecular complexity index is 119. The first kappa shape index (κ1) is 11.0. The molecule has 2 nitrogen and oxygen atoms in total. The van der Waals surface area contributed by atoms with Gasteiger partial charge < -0.3 is 10.0 Å². The van der Waals surface area contributed by atoms with Crippen molar-refractivity contribution >= 4 is 0 Å². The maximum absolute atomic E-state index is 8.88. The number of aliphatic hydroxyl groups is 1. The van der Waals surface area contributed by atoms with Crippen LogP contribution in [0.5, 0.6) is 0 Å². The molecule has 0 amide bonds. The van der Waals surface area contributed by atoms with E-state index >= 15 is 0 Å². The molecule has 0 saturated carbocycles. The Morgan fingerprint density at radius 3 is 2.46 bits per heavy atom. The Labute approximate surface area is 81.9 Å². The molecular weight excluding hydrogens is 162 g/mol. The minimum atomic E-state index is 0.354. The van der Waals surface area contributed by atoms with Crippen molar-refractivity contribution in [3.63, 3.8) is 0 Å². The molecule has 0 aromatic carbocycles. The molecule has 1 saturated heterocycles. The fraction of sp³-hybridized carbons (Fsp3) is 1.00. The molecule has 78 valence electrons. The Balaban J connectivity index is 2.18. The van der Waals surface area contributed by atoms with Crippen LogP contribution in [0.2, 0.25) is 0 Å². The van der Waals surface area contributed by atoms with E-state index in [1.54, 1.807) is 0 Å². The van der Waals surface area contributed by atoms with Gasteiger partial charge in [-0.3, -0.25) is 0 Å². The molecule has 1 unspecified atom stereocenters. The Morgan fingerprint density at radius 1 is 1.23 bits per heavy atom. The summed E-state index contributed by atoms with van der Waals surface area (Å²) in [5.74, 6) is 0.711. The van der Waals surface area contributed by atoms with Crippen LogP contribution in [0.1, 0.15) is 39.0 Å². The first-order valence-corrected chi connectivity index (χ1v) is 5.70. The highest BCUT2D eigenvalue weighted by atomic mass is 16.3. The summed E-state index contributed by atoms with van der Waals surface area (Å²) in [6.45, 7) is 6.34. The van der Waals surface area contributed by atoms with E-state index < -0.39 is 0 Å². The zero-order valence-corrected chi connectivity index (χ0v) is 8.84. The van der Waals surface area contributed by atoms with Gasteiger partial charge in [0.2, 0.25) is 0 Å². The first-order chi connectivity index (χ1) is 6.36. The van der Waals surface area contributed by atoms with Crippen LogP contribution in [0.25, 0.3) is 0 Å². The maximum atomic E-state index is 8.88. The molecule has 1 rings (SSSR count). The lowest BCUT2D eigenvalue weighted by Gasteiger charge is -2.29. The maximum Gasteiger partial charge on any atom is 0.0434 e. The molecule has 0 aliphatic carbocycles. The van der Waals surface area contributed by atoms with Crippen molar-refractivity contribution in [3.8, 4) is 0 Å². The Hall–Kier alpha value is -0.0800. The number of aliphatic hydroxyl groups excluding tert-OH is 1. The topological polar surface area (TPSA) is 23.5 Å². The molecule has 0 aromatic heterocycles. The largest absolute Gasteiger partial charge is 0.396 e.